The number of rotatable bonds is 10. The summed E-state index contributed by atoms with van der Waals surface area (Å²) in [6.07, 6.45) is 4.56. The third-order valence-corrected chi connectivity index (χ3v) is 6.33. The lowest BCUT2D eigenvalue weighted by atomic mass is 9.94. The fourth-order valence-electron chi connectivity index (χ4n) is 4.24. The zero-order valence-corrected chi connectivity index (χ0v) is 25.2. The molecule has 14 heteroatoms. The average molecular weight is 626 g/mol. The molecule has 0 saturated heterocycles. The molecule has 14 nitrogen and oxygen atoms in total. The van der Waals surface area contributed by atoms with E-state index in [9.17, 15) is 14.4 Å². The Labute approximate surface area is 263 Å². The van der Waals surface area contributed by atoms with Gasteiger partial charge in [0.15, 0.2) is 0 Å². The number of hydrogen-bond acceptors (Lipinski definition) is 11. The highest BCUT2D eigenvalue weighted by Gasteiger charge is 2.29. The van der Waals surface area contributed by atoms with E-state index in [1.807, 2.05) is 62.4 Å². The van der Waals surface area contributed by atoms with Gasteiger partial charge in [0.25, 0.3) is 11.8 Å². The lowest BCUT2D eigenvalue weighted by molar-refractivity contribution is -0.134. The van der Waals surface area contributed by atoms with Crippen LogP contribution in [0.15, 0.2) is 94.1 Å². The molecule has 5 rings (SSSR count). The summed E-state index contributed by atoms with van der Waals surface area (Å²) in [7, 11) is 1.71. The molecule has 0 fully saturated rings. The van der Waals surface area contributed by atoms with Gasteiger partial charge < -0.3 is 29.7 Å². The molecule has 236 valence electrons. The van der Waals surface area contributed by atoms with Gasteiger partial charge in [0, 0.05) is 30.5 Å². The minimum absolute atomic E-state index is 0.134. The van der Waals surface area contributed by atoms with E-state index in [2.05, 4.69) is 25.1 Å². The number of benzene rings is 1. The normalized spacial score (nSPS) is 12.2. The van der Waals surface area contributed by atoms with E-state index < -0.39 is 17.5 Å². The molecule has 4 heterocycles. The molecule has 0 saturated carbocycles. The zero-order chi connectivity index (χ0) is 33.3. The summed E-state index contributed by atoms with van der Waals surface area (Å²) in [4.78, 5) is 47.4. The summed E-state index contributed by atoms with van der Waals surface area (Å²) in [6, 6.07) is 18.8. The standard InChI is InChI=1S/C28H27N7O3.C4H4O4/c1-18-8-7-11-21(31-18)17-35(3)26(36)20-14-22(24-30-12-13-37-24)32-23(15-20)25-33-34-27(38-25)28(2,29)16-19-9-5-4-6-10-19;5-3(6)1-2-4(7)8/h4-15H,16-17,29H2,1-3H3;1-2H,(H,5,6)(H,7,8)/b;2-1+/t28-;/m1./s1. The van der Waals surface area contributed by atoms with Crippen molar-refractivity contribution in [2.75, 3.05) is 7.05 Å². The van der Waals surface area contributed by atoms with Gasteiger partial charge in [-0.1, -0.05) is 36.4 Å². The van der Waals surface area contributed by atoms with Crippen LogP contribution in [0, 0.1) is 6.92 Å². The van der Waals surface area contributed by atoms with Crippen LogP contribution in [0.2, 0.25) is 0 Å². The first-order valence-corrected chi connectivity index (χ1v) is 13.8. The molecule has 1 amide bonds. The molecule has 46 heavy (non-hydrogen) atoms. The summed E-state index contributed by atoms with van der Waals surface area (Å²) in [6.45, 7) is 4.08. The van der Waals surface area contributed by atoms with Crippen molar-refractivity contribution in [1.82, 2.24) is 30.0 Å². The van der Waals surface area contributed by atoms with Crippen LogP contribution in [0.4, 0.5) is 0 Å². The highest BCUT2D eigenvalue weighted by atomic mass is 16.4. The zero-order valence-electron chi connectivity index (χ0n) is 25.2. The Morgan fingerprint density at radius 2 is 1.61 bits per heavy atom. The van der Waals surface area contributed by atoms with E-state index in [1.54, 1.807) is 24.1 Å². The number of carboxylic acids is 2. The van der Waals surface area contributed by atoms with Crippen molar-refractivity contribution < 1.29 is 33.4 Å². The Kier molecular flexibility index (Phi) is 10.5. The van der Waals surface area contributed by atoms with E-state index in [0.717, 1.165) is 17.0 Å². The minimum atomic E-state index is -1.26. The summed E-state index contributed by atoms with van der Waals surface area (Å²) >= 11 is 0. The number of aliphatic carboxylic acids is 2. The summed E-state index contributed by atoms with van der Waals surface area (Å²) in [5.74, 6) is -2.10. The first-order valence-electron chi connectivity index (χ1n) is 13.8. The van der Waals surface area contributed by atoms with E-state index in [4.69, 9.17) is 24.8 Å². The van der Waals surface area contributed by atoms with Crippen LogP contribution < -0.4 is 5.73 Å². The van der Waals surface area contributed by atoms with Gasteiger partial charge in [-0.3, -0.25) is 9.78 Å². The maximum Gasteiger partial charge on any atom is 0.328 e. The largest absolute Gasteiger partial charge is 0.478 e. The predicted octanol–water partition coefficient (Wildman–Crippen LogP) is 3.89. The Balaban J connectivity index is 0.000000533. The first kappa shape index (κ1) is 32.9. The topological polar surface area (TPSA) is 212 Å². The lowest BCUT2D eigenvalue weighted by Crippen LogP contribution is -2.35. The fourth-order valence-corrected chi connectivity index (χ4v) is 4.24. The number of carboxylic acid groups (broad SMARTS) is 2. The van der Waals surface area contributed by atoms with E-state index in [1.165, 1.54) is 12.5 Å². The third-order valence-electron chi connectivity index (χ3n) is 6.33. The van der Waals surface area contributed by atoms with Crippen LogP contribution in [0.5, 0.6) is 0 Å². The molecule has 4 N–H and O–H groups in total. The number of amides is 1. The number of aromatic nitrogens is 5. The molecule has 5 aromatic rings. The lowest BCUT2D eigenvalue weighted by Gasteiger charge is -2.20. The Morgan fingerprint density at radius 3 is 2.22 bits per heavy atom. The quantitative estimate of drug-likeness (QED) is 0.188. The minimum Gasteiger partial charge on any atom is -0.478 e. The maximum absolute atomic E-state index is 13.4. The summed E-state index contributed by atoms with van der Waals surface area (Å²) < 4.78 is 11.4. The SMILES string of the molecule is Cc1cccc(CN(C)C(=O)c2cc(-c3ncco3)nc(-c3nnc([C@](C)(N)Cc4ccccc4)o3)c2)n1.O=C(O)/C=C/C(=O)O. The van der Waals surface area contributed by atoms with Crippen molar-refractivity contribution in [2.45, 2.75) is 32.4 Å². The molecule has 0 aliphatic rings. The number of nitrogens with two attached hydrogens (primary N) is 1. The molecule has 4 aromatic heterocycles. The van der Waals surface area contributed by atoms with Crippen molar-refractivity contribution in [3.63, 3.8) is 0 Å². The number of nitrogens with zero attached hydrogens (tertiary/aromatic N) is 6. The van der Waals surface area contributed by atoms with Crippen molar-refractivity contribution in [1.29, 1.82) is 0 Å². The highest BCUT2D eigenvalue weighted by Crippen LogP contribution is 2.28. The second-order valence-electron chi connectivity index (χ2n) is 10.4. The Bertz CT molecular complexity index is 1820. The van der Waals surface area contributed by atoms with Crippen LogP contribution in [-0.2, 0) is 28.1 Å². The second-order valence-corrected chi connectivity index (χ2v) is 10.4. The molecule has 1 atom stereocenters. The number of hydrogen-bond donors (Lipinski definition) is 3. The monoisotopic (exact) mass is 625 g/mol. The second kappa shape index (κ2) is 14.6. The van der Waals surface area contributed by atoms with Gasteiger partial charge in [0.1, 0.15) is 17.7 Å². The molecule has 0 unspecified atom stereocenters. The van der Waals surface area contributed by atoms with Crippen LogP contribution in [-0.4, -0.2) is 65.2 Å². The molecule has 0 spiro atoms. The van der Waals surface area contributed by atoms with Crippen LogP contribution in [0.3, 0.4) is 0 Å². The number of carbonyl (C=O) groups is 3. The van der Waals surface area contributed by atoms with Crippen LogP contribution >= 0.6 is 0 Å². The predicted molar refractivity (Wildman–Crippen MR) is 164 cm³/mol. The van der Waals surface area contributed by atoms with Crippen molar-refractivity contribution in [2.24, 2.45) is 5.73 Å². The molecule has 0 aliphatic carbocycles. The van der Waals surface area contributed by atoms with Crippen LogP contribution in [0.25, 0.3) is 23.2 Å². The van der Waals surface area contributed by atoms with E-state index >= 15 is 0 Å². The number of pyridine rings is 2. The Morgan fingerprint density at radius 1 is 0.935 bits per heavy atom. The Hall–Kier alpha value is -6.02. The maximum atomic E-state index is 13.4. The third kappa shape index (κ3) is 9.00. The van der Waals surface area contributed by atoms with Gasteiger partial charge in [0.2, 0.25) is 11.8 Å². The van der Waals surface area contributed by atoms with Gasteiger partial charge in [-0.2, -0.15) is 0 Å². The van der Waals surface area contributed by atoms with Crippen molar-refractivity contribution in [3.8, 4) is 23.2 Å². The van der Waals surface area contributed by atoms with Gasteiger partial charge in [-0.25, -0.2) is 19.6 Å². The number of oxazole rings is 1. The molecule has 0 radical (unpaired) electrons. The van der Waals surface area contributed by atoms with Gasteiger partial charge >= 0.3 is 11.9 Å². The first-order chi connectivity index (χ1) is 21.9. The number of aryl methyl sites for hydroxylation is 1. The molecular weight excluding hydrogens is 594 g/mol. The number of carbonyl (C=O) groups excluding carboxylic acids is 1. The molecule has 0 aliphatic heterocycles. The highest BCUT2D eigenvalue weighted by molar-refractivity contribution is 5.95. The van der Waals surface area contributed by atoms with Gasteiger partial charge in [-0.15, -0.1) is 10.2 Å². The van der Waals surface area contributed by atoms with Crippen molar-refractivity contribution in [3.05, 3.63) is 114 Å². The van der Waals surface area contributed by atoms with Gasteiger partial charge in [-0.05, 0) is 50.1 Å². The smallest absolute Gasteiger partial charge is 0.328 e. The van der Waals surface area contributed by atoms with Crippen LogP contribution in [0.1, 0.15) is 40.1 Å². The molecule has 0 bridgehead atoms. The molecule has 1 aromatic carbocycles. The summed E-state index contributed by atoms with van der Waals surface area (Å²) in [5.41, 5.74) is 9.38. The van der Waals surface area contributed by atoms with Crippen molar-refractivity contribution >= 4 is 17.8 Å². The summed E-state index contributed by atoms with van der Waals surface area (Å²) in [5, 5.41) is 24.0. The molecular formula is C32H31N7O7. The van der Waals surface area contributed by atoms with E-state index in [0.29, 0.717) is 42.1 Å². The van der Waals surface area contributed by atoms with E-state index in [-0.39, 0.29) is 23.6 Å². The van der Waals surface area contributed by atoms with Gasteiger partial charge in [0.05, 0.1) is 24.0 Å². The fraction of sp³-hybridized carbons (Fsp3) is 0.188. The average Bonchev–Trinajstić information content (AvgIpc) is 3.74.